The van der Waals surface area contributed by atoms with Crippen LogP contribution < -0.4 is 0 Å². The minimum absolute atomic E-state index is 0.226. The van der Waals surface area contributed by atoms with Crippen LogP contribution in [0.15, 0.2) is 48.5 Å². The number of phenolic OH excluding ortho intramolecular Hbond substituents is 1. The first-order valence-electron chi connectivity index (χ1n) is 10.1. The standard InChI is InChI=1S/C23H28N4O/c1-26(2)16-22-24-23(27(25-22)20-12-7-13-21(28)15-20)19-11-6-10-18(14-19)17-8-4-3-5-9-17/h6-7,10-15,17,28H,3-5,8-9,16H2,1-2H3. The van der Waals surface area contributed by atoms with Crippen molar-refractivity contribution in [1.29, 1.82) is 0 Å². The molecule has 5 nitrogen and oxygen atoms in total. The molecule has 5 heteroatoms. The third-order valence-electron chi connectivity index (χ3n) is 5.40. The van der Waals surface area contributed by atoms with Gasteiger partial charge < -0.3 is 10.0 Å². The quantitative estimate of drug-likeness (QED) is 0.698. The minimum Gasteiger partial charge on any atom is -0.508 e. The highest BCUT2D eigenvalue weighted by atomic mass is 16.3. The van der Waals surface area contributed by atoms with E-state index in [1.807, 2.05) is 30.9 Å². The summed E-state index contributed by atoms with van der Waals surface area (Å²) in [6, 6.07) is 15.9. The van der Waals surface area contributed by atoms with Gasteiger partial charge in [-0.05, 0) is 56.6 Å². The first-order chi connectivity index (χ1) is 13.6. The van der Waals surface area contributed by atoms with E-state index < -0.39 is 0 Å². The molecule has 3 aromatic rings. The number of benzene rings is 2. The third kappa shape index (κ3) is 4.09. The normalized spacial score (nSPS) is 15.2. The molecular formula is C23H28N4O. The van der Waals surface area contributed by atoms with Crippen molar-refractivity contribution in [3.63, 3.8) is 0 Å². The maximum atomic E-state index is 9.93. The van der Waals surface area contributed by atoms with Crippen LogP contribution in [0.25, 0.3) is 17.1 Å². The van der Waals surface area contributed by atoms with Crippen LogP contribution in [0.2, 0.25) is 0 Å². The highest BCUT2D eigenvalue weighted by Crippen LogP contribution is 2.34. The van der Waals surface area contributed by atoms with Crippen LogP contribution in [0.3, 0.4) is 0 Å². The Morgan fingerprint density at radius 2 is 1.82 bits per heavy atom. The summed E-state index contributed by atoms with van der Waals surface area (Å²) in [5.41, 5.74) is 3.29. The Labute approximate surface area is 166 Å². The van der Waals surface area contributed by atoms with Crippen molar-refractivity contribution < 1.29 is 5.11 Å². The molecule has 1 aliphatic rings. The molecular weight excluding hydrogens is 348 g/mol. The summed E-state index contributed by atoms with van der Waals surface area (Å²) in [6.07, 6.45) is 6.54. The molecule has 0 bridgehead atoms. The zero-order chi connectivity index (χ0) is 19.5. The van der Waals surface area contributed by atoms with E-state index >= 15 is 0 Å². The Balaban J connectivity index is 1.76. The highest BCUT2D eigenvalue weighted by Gasteiger charge is 2.19. The molecule has 0 aliphatic heterocycles. The molecule has 1 N–H and O–H groups in total. The predicted molar refractivity (Wildman–Crippen MR) is 112 cm³/mol. The second-order valence-electron chi connectivity index (χ2n) is 7.98. The molecule has 146 valence electrons. The zero-order valence-electron chi connectivity index (χ0n) is 16.7. The summed E-state index contributed by atoms with van der Waals surface area (Å²) in [5, 5.41) is 14.7. The Morgan fingerprint density at radius 3 is 2.57 bits per heavy atom. The molecule has 0 saturated heterocycles. The van der Waals surface area contributed by atoms with Crippen molar-refractivity contribution in [2.75, 3.05) is 14.1 Å². The van der Waals surface area contributed by atoms with Crippen molar-refractivity contribution >= 4 is 0 Å². The average molecular weight is 377 g/mol. The van der Waals surface area contributed by atoms with Crippen LogP contribution in [0.4, 0.5) is 0 Å². The number of hydrogen-bond donors (Lipinski definition) is 1. The van der Waals surface area contributed by atoms with Gasteiger partial charge in [0.2, 0.25) is 0 Å². The number of phenols is 1. The Morgan fingerprint density at radius 1 is 1.04 bits per heavy atom. The van der Waals surface area contributed by atoms with Crippen LogP contribution in [-0.4, -0.2) is 38.9 Å². The van der Waals surface area contributed by atoms with Gasteiger partial charge in [0.15, 0.2) is 11.6 Å². The van der Waals surface area contributed by atoms with Crippen molar-refractivity contribution in [2.24, 2.45) is 0 Å². The number of aromatic nitrogens is 3. The van der Waals surface area contributed by atoms with E-state index in [0.717, 1.165) is 22.9 Å². The van der Waals surface area contributed by atoms with Gasteiger partial charge in [-0.3, -0.25) is 0 Å². The van der Waals surface area contributed by atoms with Crippen LogP contribution >= 0.6 is 0 Å². The summed E-state index contributed by atoms with van der Waals surface area (Å²) in [5.74, 6) is 2.46. The fourth-order valence-corrected chi connectivity index (χ4v) is 4.06. The van der Waals surface area contributed by atoms with Crippen molar-refractivity contribution in [3.8, 4) is 22.8 Å². The van der Waals surface area contributed by atoms with E-state index in [1.165, 1.54) is 37.7 Å². The van der Waals surface area contributed by atoms with Gasteiger partial charge in [-0.15, -0.1) is 5.10 Å². The zero-order valence-corrected chi connectivity index (χ0v) is 16.7. The summed E-state index contributed by atoms with van der Waals surface area (Å²) in [4.78, 5) is 6.90. The lowest BCUT2D eigenvalue weighted by Gasteiger charge is -2.22. The predicted octanol–water partition coefficient (Wildman–Crippen LogP) is 4.75. The second-order valence-corrected chi connectivity index (χ2v) is 7.98. The summed E-state index contributed by atoms with van der Waals surface area (Å²) >= 11 is 0. The second kappa shape index (κ2) is 8.15. The number of nitrogens with zero attached hydrogens (tertiary/aromatic N) is 4. The molecule has 1 aliphatic carbocycles. The molecule has 0 atom stereocenters. The fraction of sp³-hybridized carbons (Fsp3) is 0.391. The van der Waals surface area contributed by atoms with Gasteiger partial charge in [0.25, 0.3) is 0 Å². The van der Waals surface area contributed by atoms with E-state index in [-0.39, 0.29) is 5.75 Å². The van der Waals surface area contributed by atoms with Crippen LogP contribution in [0, 0.1) is 0 Å². The molecule has 0 radical (unpaired) electrons. The minimum atomic E-state index is 0.226. The molecule has 4 rings (SSSR count). The summed E-state index contributed by atoms with van der Waals surface area (Å²) < 4.78 is 1.85. The Kier molecular flexibility index (Phi) is 5.44. The lowest BCUT2D eigenvalue weighted by Crippen LogP contribution is -2.12. The van der Waals surface area contributed by atoms with Crippen LogP contribution in [-0.2, 0) is 6.54 Å². The monoisotopic (exact) mass is 376 g/mol. The molecule has 1 aromatic heterocycles. The van der Waals surface area contributed by atoms with Gasteiger partial charge in [-0.2, -0.15) is 0 Å². The van der Waals surface area contributed by atoms with E-state index in [9.17, 15) is 5.11 Å². The van der Waals surface area contributed by atoms with Gasteiger partial charge in [0.1, 0.15) is 5.75 Å². The average Bonchev–Trinajstić information content (AvgIpc) is 3.12. The van der Waals surface area contributed by atoms with Gasteiger partial charge in [-0.1, -0.05) is 43.5 Å². The topological polar surface area (TPSA) is 54.2 Å². The highest BCUT2D eigenvalue weighted by molar-refractivity contribution is 5.60. The van der Waals surface area contributed by atoms with Gasteiger partial charge in [0.05, 0.1) is 12.2 Å². The van der Waals surface area contributed by atoms with Crippen LogP contribution in [0.5, 0.6) is 5.75 Å². The molecule has 0 spiro atoms. The van der Waals surface area contributed by atoms with Gasteiger partial charge in [0, 0.05) is 11.6 Å². The maximum absolute atomic E-state index is 9.93. The Hall–Kier alpha value is -2.66. The van der Waals surface area contributed by atoms with Crippen molar-refractivity contribution in [2.45, 2.75) is 44.6 Å². The molecule has 0 unspecified atom stereocenters. The number of hydrogen-bond acceptors (Lipinski definition) is 4. The van der Waals surface area contributed by atoms with Gasteiger partial charge in [-0.25, -0.2) is 9.67 Å². The van der Waals surface area contributed by atoms with Crippen molar-refractivity contribution in [1.82, 2.24) is 19.7 Å². The molecule has 28 heavy (non-hydrogen) atoms. The van der Waals surface area contributed by atoms with E-state index in [0.29, 0.717) is 12.5 Å². The number of rotatable bonds is 5. The van der Waals surface area contributed by atoms with E-state index in [1.54, 1.807) is 12.1 Å². The largest absolute Gasteiger partial charge is 0.508 e. The molecule has 2 aromatic carbocycles. The SMILES string of the molecule is CN(C)Cc1nc(-c2cccc(C3CCCCC3)c2)n(-c2cccc(O)c2)n1. The van der Waals surface area contributed by atoms with Crippen LogP contribution in [0.1, 0.15) is 49.4 Å². The first kappa shape index (κ1) is 18.7. The van der Waals surface area contributed by atoms with E-state index in [2.05, 4.69) is 29.2 Å². The first-order valence-corrected chi connectivity index (χ1v) is 10.1. The lowest BCUT2D eigenvalue weighted by molar-refractivity contribution is 0.390. The summed E-state index contributed by atoms with van der Waals surface area (Å²) in [7, 11) is 4.02. The molecule has 1 heterocycles. The maximum Gasteiger partial charge on any atom is 0.165 e. The molecule has 1 fully saturated rings. The number of aromatic hydroxyl groups is 1. The molecule has 1 saturated carbocycles. The lowest BCUT2D eigenvalue weighted by atomic mass is 9.83. The van der Waals surface area contributed by atoms with Gasteiger partial charge >= 0.3 is 0 Å². The Bertz CT molecular complexity index is 941. The molecule has 0 amide bonds. The third-order valence-corrected chi connectivity index (χ3v) is 5.40. The van der Waals surface area contributed by atoms with Crippen molar-refractivity contribution in [3.05, 3.63) is 59.9 Å². The summed E-state index contributed by atoms with van der Waals surface area (Å²) in [6.45, 7) is 0.668. The fourth-order valence-electron chi connectivity index (χ4n) is 4.06. The smallest absolute Gasteiger partial charge is 0.165 e. The van der Waals surface area contributed by atoms with E-state index in [4.69, 9.17) is 10.1 Å².